The first-order valence-electron chi connectivity index (χ1n) is 7.45. The second kappa shape index (κ2) is 5.62. The van der Waals surface area contributed by atoms with Crippen LogP contribution in [0.1, 0.15) is 31.2 Å². The van der Waals surface area contributed by atoms with E-state index in [0.29, 0.717) is 13.2 Å². The summed E-state index contributed by atoms with van der Waals surface area (Å²) in [4.78, 5) is 2.18. The third kappa shape index (κ3) is 2.91. The summed E-state index contributed by atoms with van der Waals surface area (Å²) in [5, 5.41) is 10.5. The average Bonchev–Trinajstić information content (AvgIpc) is 2.85. The fourth-order valence-electron chi connectivity index (χ4n) is 3.30. The molecule has 1 aromatic rings. The van der Waals surface area contributed by atoms with Crippen molar-refractivity contribution < 1.29 is 14.6 Å². The third-order valence-electron chi connectivity index (χ3n) is 4.19. The maximum absolute atomic E-state index is 10.5. The van der Waals surface area contributed by atoms with E-state index >= 15 is 0 Å². The highest BCUT2D eigenvalue weighted by atomic mass is 16.6. The molecule has 1 aliphatic heterocycles. The number of ether oxygens (including phenoxy) is 2. The Morgan fingerprint density at radius 3 is 2.75 bits per heavy atom. The molecule has 0 radical (unpaired) electrons. The Labute approximate surface area is 120 Å². The monoisotopic (exact) mass is 277 g/mol. The highest BCUT2D eigenvalue weighted by Crippen LogP contribution is 2.35. The van der Waals surface area contributed by atoms with Crippen LogP contribution in [0.4, 0.5) is 0 Å². The average molecular weight is 277 g/mol. The predicted octanol–water partition coefficient (Wildman–Crippen LogP) is 2.19. The Bertz CT molecular complexity index is 469. The van der Waals surface area contributed by atoms with E-state index in [1.54, 1.807) is 0 Å². The molecule has 0 bridgehead atoms. The smallest absolute Gasteiger partial charge is 0.165 e. The molecule has 110 valence electrons. The molecular formula is C16H23NO3. The molecule has 1 N–H and O–H groups in total. The van der Waals surface area contributed by atoms with Gasteiger partial charge in [0.25, 0.3) is 0 Å². The molecule has 4 heteroatoms. The summed E-state index contributed by atoms with van der Waals surface area (Å²) >= 11 is 0. The number of benzene rings is 1. The van der Waals surface area contributed by atoms with Gasteiger partial charge in [-0.05, 0) is 26.0 Å². The number of hydrogen-bond acceptors (Lipinski definition) is 4. The number of para-hydroxylation sites is 1. The fourth-order valence-corrected chi connectivity index (χ4v) is 3.30. The molecule has 0 spiro atoms. The first kappa shape index (κ1) is 13.7. The van der Waals surface area contributed by atoms with E-state index in [1.807, 2.05) is 12.1 Å². The lowest BCUT2D eigenvalue weighted by atomic mass is 10.0. The van der Waals surface area contributed by atoms with Crippen molar-refractivity contribution in [1.29, 1.82) is 0 Å². The van der Waals surface area contributed by atoms with Gasteiger partial charge in [-0.3, -0.25) is 4.90 Å². The van der Waals surface area contributed by atoms with Crippen LogP contribution in [0, 0.1) is 0 Å². The molecule has 0 aromatic heterocycles. The van der Waals surface area contributed by atoms with Gasteiger partial charge >= 0.3 is 0 Å². The van der Waals surface area contributed by atoms with Crippen molar-refractivity contribution in [1.82, 2.24) is 4.90 Å². The summed E-state index contributed by atoms with van der Waals surface area (Å²) in [7, 11) is 2.05. The zero-order valence-electron chi connectivity index (χ0n) is 12.1. The standard InChI is InChI=1S/C16H23NO3/c1-17(12-16(18)7-2-3-8-16)11-13-5-4-6-14-15(13)20-10-9-19-14/h4-6,18H,2-3,7-12H2,1H3. The van der Waals surface area contributed by atoms with Crippen LogP contribution in [-0.2, 0) is 6.54 Å². The molecule has 0 unspecified atom stereocenters. The van der Waals surface area contributed by atoms with Crippen LogP contribution in [0.2, 0.25) is 0 Å². The molecule has 0 saturated heterocycles. The SMILES string of the molecule is CN(Cc1cccc2c1OCCO2)CC1(O)CCCC1. The Kier molecular flexibility index (Phi) is 3.85. The number of aliphatic hydroxyl groups is 1. The van der Waals surface area contributed by atoms with Crippen molar-refractivity contribution in [3.63, 3.8) is 0 Å². The Morgan fingerprint density at radius 1 is 1.20 bits per heavy atom. The van der Waals surface area contributed by atoms with Crippen LogP contribution in [0.25, 0.3) is 0 Å². The molecule has 0 amide bonds. The maximum Gasteiger partial charge on any atom is 0.165 e. The van der Waals surface area contributed by atoms with Gasteiger partial charge in [-0.25, -0.2) is 0 Å². The molecule has 3 rings (SSSR count). The number of hydrogen-bond donors (Lipinski definition) is 1. The highest BCUT2D eigenvalue weighted by molar-refractivity contribution is 5.47. The molecule has 1 saturated carbocycles. The van der Waals surface area contributed by atoms with E-state index in [-0.39, 0.29) is 0 Å². The van der Waals surface area contributed by atoms with Gasteiger partial charge in [0.2, 0.25) is 0 Å². The topological polar surface area (TPSA) is 41.9 Å². The summed E-state index contributed by atoms with van der Waals surface area (Å²) < 4.78 is 11.3. The third-order valence-corrected chi connectivity index (χ3v) is 4.19. The Balaban J connectivity index is 1.68. The van der Waals surface area contributed by atoms with Gasteiger partial charge in [0, 0.05) is 18.7 Å². The molecule has 1 aliphatic carbocycles. The minimum atomic E-state index is -0.499. The molecule has 20 heavy (non-hydrogen) atoms. The van der Waals surface area contributed by atoms with Gasteiger partial charge in [0.15, 0.2) is 11.5 Å². The normalized spacial score (nSPS) is 20.4. The highest BCUT2D eigenvalue weighted by Gasteiger charge is 2.32. The van der Waals surface area contributed by atoms with E-state index < -0.39 is 5.60 Å². The lowest BCUT2D eigenvalue weighted by molar-refractivity contribution is 0.0142. The van der Waals surface area contributed by atoms with Crippen molar-refractivity contribution in [2.45, 2.75) is 37.8 Å². The van der Waals surface area contributed by atoms with E-state index in [4.69, 9.17) is 9.47 Å². The zero-order chi connectivity index (χ0) is 14.0. The number of fused-ring (bicyclic) bond motifs is 1. The molecule has 1 fully saturated rings. The fraction of sp³-hybridized carbons (Fsp3) is 0.625. The lowest BCUT2D eigenvalue weighted by Crippen LogP contribution is -2.38. The molecule has 2 aliphatic rings. The summed E-state index contributed by atoms with van der Waals surface area (Å²) in [5.74, 6) is 1.70. The van der Waals surface area contributed by atoms with Crippen LogP contribution >= 0.6 is 0 Å². The van der Waals surface area contributed by atoms with Gasteiger partial charge in [-0.15, -0.1) is 0 Å². The minimum absolute atomic E-state index is 0.499. The Hall–Kier alpha value is -1.26. The molecular weight excluding hydrogens is 254 g/mol. The summed E-state index contributed by atoms with van der Waals surface area (Å²) in [6, 6.07) is 6.02. The van der Waals surface area contributed by atoms with E-state index in [9.17, 15) is 5.11 Å². The van der Waals surface area contributed by atoms with Crippen molar-refractivity contribution in [2.24, 2.45) is 0 Å². The van der Waals surface area contributed by atoms with Crippen molar-refractivity contribution >= 4 is 0 Å². The largest absolute Gasteiger partial charge is 0.486 e. The van der Waals surface area contributed by atoms with E-state index in [0.717, 1.165) is 55.8 Å². The maximum atomic E-state index is 10.5. The molecule has 4 nitrogen and oxygen atoms in total. The van der Waals surface area contributed by atoms with Crippen LogP contribution < -0.4 is 9.47 Å². The second-order valence-corrected chi connectivity index (χ2v) is 6.05. The summed E-state index contributed by atoms with van der Waals surface area (Å²) in [6.45, 7) is 2.72. The van der Waals surface area contributed by atoms with Crippen LogP contribution in [0.15, 0.2) is 18.2 Å². The predicted molar refractivity (Wildman–Crippen MR) is 77.2 cm³/mol. The number of nitrogens with zero attached hydrogens (tertiary/aromatic N) is 1. The lowest BCUT2D eigenvalue weighted by Gasteiger charge is -2.29. The van der Waals surface area contributed by atoms with Gasteiger partial charge in [-0.2, -0.15) is 0 Å². The zero-order valence-corrected chi connectivity index (χ0v) is 12.1. The van der Waals surface area contributed by atoms with Gasteiger partial charge in [0.1, 0.15) is 13.2 Å². The van der Waals surface area contributed by atoms with Crippen LogP contribution in [0.5, 0.6) is 11.5 Å². The van der Waals surface area contributed by atoms with Crippen LogP contribution in [0.3, 0.4) is 0 Å². The quantitative estimate of drug-likeness (QED) is 0.916. The molecule has 0 atom stereocenters. The minimum Gasteiger partial charge on any atom is -0.486 e. The molecule has 1 heterocycles. The van der Waals surface area contributed by atoms with Gasteiger partial charge in [0.05, 0.1) is 5.60 Å². The Morgan fingerprint density at radius 2 is 1.95 bits per heavy atom. The second-order valence-electron chi connectivity index (χ2n) is 6.05. The van der Waals surface area contributed by atoms with Crippen LogP contribution in [-0.4, -0.2) is 42.4 Å². The number of likely N-dealkylation sites (N-methyl/N-ethyl adjacent to an activating group) is 1. The van der Waals surface area contributed by atoms with Crippen molar-refractivity contribution in [3.05, 3.63) is 23.8 Å². The first-order chi connectivity index (χ1) is 9.66. The first-order valence-corrected chi connectivity index (χ1v) is 7.45. The van der Waals surface area contributed by atoms with Crippen molar-refractivity contribution in [2.75, 3.05) is 26.8 Å². The van der Waals surface area contributed by atoms with E-state index in [1.165, 1.54) is 0 Å². The van der Waals surface area contributed by atoms with E-state index in [2.05, 4.69) is 18.0 Å². The molecule has 1 aromatic carbocycles. The van der Waals surface area contributed by atoms with Gasteiger partial charge in [-0.1, -0.05) is 25.0 Å². The number of rotatable bonds is 4. The van der Waals surface area contributed by atoms with Crippen molar-refractivity contribution in [3.8, 4) is 11.5 Å². The van der Waals surface area contributed by atoms with Gasteiger partial charge < -0.3 is 14.6 Å². The summed E-state index contributed by atoms with van der Waals surface area (Å²) in [5.41, 5.74) is 0.632. The summed E-state index contributed by atoms with van der Waals surface area (Å²) in [6.07, 6.45) is 4.12.